The van der Waals surface area contributed by atoms with Crippen LogP contribution in [0, 0.1) is 0 Å². The second-order valence-corrected chi connectivity index (χ2v) is 5.79. The Morgan fingerprint density at radius 3 is 1.44 bits per heavy atom. The van der Waals surface area contributed by atoms with E-state index in [0.717, 1.165) is 50.0 Å². The summed E-state index contributed by atoms with van der Waals surface area (Å²) in [4.78, 5) is 0. The zero-order valence-electron chi connectivity index (χ0n) is 17.0. The van der Waals surface area contributed by atoms with Crippen LogP contribution in [0.3, 0.4) is 0 Å². The third-order valence-electron chi connectivity index (χ3n) is 3.39. The van der Waals surface area contributed by atoms with Crippen LogP contribution in [0.2, 0.25) is 0 Å². The molecule has 0 aliphatic carbocycles. The van der Waals surface area contributed by atoms with E-state index in [1.54, 1.807) is 12.5 Å². The summed E-state index contributed by atoms with van der Waals surface area (Å²) in [6.07, 6.45) is 8.63. The fraction of sp³-hybridized carbons (Fsp3) is 0.800. The van der Waals surface area contributed by atoms with Gasteiger partial charge in [-0.3, -0.25) is 0 Å². The van der Waals surface area contributed by atoms with Crippen molar-refractivity contribution >= 4 is 0 Å². The SMILES string of the molecule is CCCCC(=COC=C(CCCC)OC(C)OCC)OC(C)OCC. The fourth-order valence-electron chi connectivity index (χ4n) is 2.14. The number of rotatable bonds is 16. The summed E-state index contributed by atoms with van der Waals surface area (Å²) in [5.74, 6) is 1.57. The van der Waals surface area contributed by atoms with Gasteiger partial charge in [-0.1, -0.05) is 26.7 Å². The van der Waals surface area contributed by atoms with Crippen molar-refractivity contribution in [1.82, 2.24) is 0 Å². The first kappa shape index (κ1) is 23.8. The van der Waals surface area contributed by atoms with E-state index in [0.29, 0.717) is 13.2 Å². The molecule has 0 N–H and O–H groups in total. The van der Waals surface area contributed by atoms with E-state index < -0.39 is 0 Å². The quantitative estimate of drug-likeness (QED) is 0.255. The van der Waals surface area contributed by atoms with Crippen molar-refractivity contribution in [2.45, 2.75) is 92.6 Å². The summed E-state index contributed by atoms with van der Waals surface area (Å²) < 4.78 is 28.1. The first-order chi connectivity index (χ1) is 12.1. The summed E-state index contributed by atoms with van der Waals surface area (Å²) in [5, 5.41) is 0. The van der Waals surface area contributed by atoms with Crippen LogP contribution in [0.1, 0.15) is 80.1 Å². The second kappa shape index (κ2) is 16.3. The van der Waals surface area contributed by atoms with E-state index in [4.69, 9.17) is 23.7 Å². The first-order valence-corrected chi connectivity index (χ1v) is 9.67. The van der Waals surface area contributed by atoms with Crippen molar-refractivity contribution in [2.75, 3.05) is 13.2 Å². The van der Waals surface area contributed by atoms with Crippen molar-refractivity contribution in [1.29, 1.82) is 0 Å². The van der Waals surface area contributed by atoms with Crippen molar-refractivity contribution in [3.63, 3.8) is 0 Å². The van der Waals surface area contributed by atoms with Crippen LogP contribution in [0.4, 0.5) is 0 Å². The maximum atomic E-state index is 5.79. The molecule has 2 unspecified atom stereocenters. The van der Waals surface area contributed by atoms with Gasteiger partial charge < -0.3 is 23.7 Å². The fourth-order valence-corrected chi connectivity index (χ4v) is 2.14. The molecule has 0 saturated carbocycles. The van der Waals surface area contributed by atoms with Gasteiger partial charge in [-0.05, 0) is 40.5 Å². The molecule has 0 aliphatic heterocycles. The molecule has 0 bridgehead atoms. The third kappa shape index (κ3) is 13.7. The van der Waals surface area contributed by atoms with Crippen LogP contribution in [0.5, 0.6) is 0 Å². The summed E-state index contributed by atoms with van der Waals surface area (Å²) in [7, 11) is 0. The van der Waals surface area contributed by atoms with E-state index in [1.807, 2.05) is 27.7 Å². The molecule has 5 heteroatoms. The first-order valence-electron chi connectivity index (χ1n) is 9.67. The van der Waals surface area contributed by atoms with Crippen LogP contribution in [0.15, 0.2) is 24.0 Å². The van der Waals surface area contributed by atoms with Gasteiger partial charge in [0, 0.05) is 26.1 Å². The van der Waals surface area contributed by atoms with E-state index >= 15 is 0 Å². The lowest BCUT2D eigenvalue weighted by Crippen LogP contribution is -2.13. The van der Waals surface area contributed by atoms with Crippen molar-refractivity contribution in [2.24, 2.45) is 0 Å². The van der Waals surface area contributed by atoms with Gasteiger partial charge >= 0.3 is 0 Å². The third-order valence-corrected chi connectivity index (χ3v) is 3.39. The Bertz CT molecular complexity index is 331. The molecule has 0 saturated heterocycles. The minimum absolute atomic E-state index is 0.283. The van der Waals surface area contributed by atoms with Gasteiger partial charge in [0.25, 0.3) is 0 Å². The lowest BCUT2D eigenvalue weighted by atomic mass is 10.2. The van der Waals surface area contributed by atoms with E-state index in [9.17, 15) is 0 Å². The highest BCUT2D eigenvalue weighted by molar-refractivity contribution is 4.93. The van der Waals surface area contributed by atoms with Gasteiger partial charge in [0.15, 0.2) is 12.6 Å². The topological polar surface area (TPSA) is 46.2 Å². The van der Waals surface area contributed by atoms with Gasteiger partial charge in [0.05, 0.1) is 0 Å². The van der Waals surface area contributed by atoms with Crippen LogP contribution in [-0.4, -0.2) is 25.8 Å². The standard InChI is InChI=1S/C20H38O5/c1-7-11-13-19(24-17(5)22-9-3)15-21-16-20(14-12-8-2)25-18(6)23-10-4/h15-18H,7-14H2,1-6H3. The Labute approximate surface area is 154 Å². The molecule has 5 nitrogen and oxygen atoms in total. The molecule has 0 heterocycles. The lowest BCUT2D eigenvalue weighted by Gasteiger charge is -2.18. The van der Waals surface area contributed by atoms with Crippen molar-refractivity contribution < 1.29 is 23.7 Å². The van der Waals surface area contributed by atoms with Crippen LogP contribution in [0.25, 0.3) is 0 Å². The second-order valence-electron chi connectivity index (χ2n) is 5.79. The summed E-state index contributed by atoms with van der Waals surface area (Å²) in [5.41, 5.74) is 0. The zero-order valence-corrected chi connectivity index (χ0v) is 17.0. The smallest absolute Gasteiger partial charge is 0.196 e. The molecule has 0 spiro atoms. The van der Waals surface area contributed by atoms with Crippen LogP contribution >= 0.6 is 0 Å². The van der Waals surface area contributed by atoms with E-state index in [-0.39, 0.29) is 12.6 Å². The Morgan fingerprint density at radius 1 is 0.720 bits per heavy atom. The summed E-state index contributed by atoms with van der Waals surface area (Å²) in [6.45, 7) is 13.2. The monoisotopic (exact) mass is 358 g/mol. The Hall–Kier alpha value is -1.20. The van der Waals surface area contributed by atoms with Gasteiger partial charge in [-0.15, -0.1) is 0 Å². The number of ether oxygens (including phenoxy) is 5. The van der Waals surface area contributed by atoms with Gasteiger partial charge in [-0.2, -0.15) is 0 Å². The number of unbranched alkanes of at least 4 members (excludes halogenated alkanes) is 2. The number of allylic oxidation sites excluding steroid dienone is 2. The predicted molar refractivity (Wildman–Crippen MR) is 101 cm³/mol. The van der Waals surface area contributed by atoms with Gasteiger partial charge in [-0.25, -0.2) is 0 Å². The number of hydrogen-bond acceptors (Lipinski definition) is 5. The molecule has 0 fully saturated rings. The molecule has 0 aromatic carbocycles. The summed E-state index contributed by atoms with van der Waals surface area (Å²) in [6, 6.07) is 0. The molecule has 0 aromatic rings. The predicted octanol–water partition coefficient (Wildman–Crippen LogP) is 5.86. The van der Waals surface area contributed by atoms with Gasteiger partial charge in [0.2, 0.25) is 0 Å². The maximum Gasteiger partial charge on any atom is 0.196 e. The molecule has 148 valence electrons. The highest BCUT2D eigenvalue weighted by Crippen LogP contribution is 2.16. The van der Waals surface area contributed by atoms with Crippen LogP contribution in [-0.2, 0) is 23.7 Å². The Kier molecular flexibility index (Phi) is 15.5. The molecule has 0 aliphatic rings. The molecule has 0 amide bonds. The average molecular weight is 359 g/mol. The zero-order chi connectivity index (χ0) is 18.9. The normalized spacial score (nSPS) is 15.0. The van der Waals surface area contributed by atoms with Crippen molar-refractivity contribution in [3.8, 4) is 0 Å². The largest absolute Gasteiger partial charge is 0.466 e. The highest BCUT2D eigenvalue weighted by atomic mass is 16.7. The maximum absolute atomic E-state index is 5.79. The van der Waals surface area contributed by atoms with Gasteiger partial charge in [0.1, 0.15) is 24.0 Å². The van der Waals surface area contributed by atoms with E-state index in [2.05, 4.69) is 13.8 Å². The van der Waals surface area contributed by atoms with Crippen molar-refractivity contribution in [3.05, 3.63) is 24.0 Å². The average Bonchev–Trinajstić information content (AvgIpc) is 2.57. The Morgan fingerprint density at radius 2 is 1.12 bits per heavy atom. The highest BCUT2D eigenvalue weighted by Gasteiger charge is 2.08. The minimum atomic E-state index is -0.283. The minimum Gasteiger partial charge on any atom is -0.466 e. The molecular weight excluding hydrogens is 320 g/mol. The summed E-state index contributed by atoms with van der Waals surface area (Å²) >= 11 is 0. The molecule has 0 aromatic heterocycles. The van der Waals surface area contributed by atoms with E-state index in [1.165, 1.54) is 0 Å². The lowest BCUT2D eigenvalue weighted by molar-refractivity contribution is -0.104. The Balaban J connectivity index is 4.79. The molecule has 0 rings (SSSR count). The molecule has 25 heavy (non-hydrogen) atoms. The number of hydrogen-bond donors (Lipinski definition) is 0. The molecular formula is C20H38O5. The molecule has 2 atom stereocenters. The van der Waals surface area contributed by atoms with Crippen LogP contribution < -0.4 is 0 Å². The molecule has 0 radical (unpaired) electrons.